The molecule has 1 heterocycles. The van der Waals surface area contributed by atoms with E-state index in [9.17, 15) is 4.39 Å². The smallest absolute Gasteiger partial charge is 0.399 e. The first kappa shape index (κ1) is 12.6. The lowest BCUT2D eigenvalue weighted by Crippen LogP contribution is -2.11. The average molecular weight is 250 g/mol. The highest BCUT2D eigenvalue weighted by Gasteiger charge is 2.07. The van der Waals surface area contributed by atoms with Gasteiger partial charge in [0, 0.05) is 6.54 Å². The van der Waals surface area contributed by atoms with Crippen molar-refractivity contribution in [2.75, 3.05) is 6.54 Å². The second-order valence-corrected chi connectivity index (χ2v) is 3.90. The van der Waals surface area contributed by atoms with Gasteiger partial charge in [0.05, 0.1) is 5.69 Å². The molecule has 0 aliphatic carbocycles. The summed E-state index contributed by atoms with van der Waals surface area (Å²) in [5, 5.41) is 3.13. The number of nitrogens with one attached hydrogen (secondary N) is 1. The van der Waals surface area contributed by atoms with Gasteiger partial charge in [-0.25, -0.2) is 4.39 Å². The Labute approximate surface area is 105 Å². The van der Waals surface area contributed by atoms with Crippen molar-refractivity contribution in [2.24, 2.45) is 0 Å². The maximum atomic E-state index is 13.1. The van der Waals surface area contributed by atoms with E-state index >= 15 is 0 Å². The fourth-order valence-electron chi connectivity index (χ4n) is 1.45. The average Bonchev–Trinajstić information content (AvgIpc) is 2.79. The molecule has 0 radical (unpaired) electrons. The van der Waals surface area contributed by atoms with Crippen molar-refractivity contribution in [1.29, 1.82) is 0 Å². The molecule has 0 aliphatic heterocycles. The summed E-state index contributed by atoms with van der Waals surface area (Å²) in [6, 6.07) is 4.49. The van der Waals surface area contributed by atoms with Gasteiger partial charge < -0.3 is 14.5 Å². The Bertz CT molecular complexity index is 525. The van der Waals surface area contributed by atoms with E-state index in [0.717, 1.165) is 12.2 Å². The SMILES string of the molecule is CCNCc1coc(Oc2ccc(F)c(C)c2)n1. The number of halogens is 1. The Balaban J connectivity index is 2.04. The van der Waals surface area contributed by atoms with Crippen LogP contribution in [0.15, 0.2) is 28.9 Å². The number of oxazole rings is 1. The van der Waals surface area contributed by atoms with Crippen molar-refractivity contribution < 1.29 is 13.5 Å². The molecule has 1 N–H and O–H groups in total. The minimum Gasteiger partial charge on any atom is -0.417 e. The quantitative estimate of drug-likeness (QED) is 0.886. The van der Waals surface area contributed by atoms with Gasteiger partial charge in [0.1, 0.15) is 17.8 Å². The number of rotatable bonds is 5. The van der Waals surface area contributed by atoms with Crippen LogP contribution in [0, 0.1) is 12.7 Å². The van der Waals surface area contributed by atoms with Crippen molar-refractivity contribution in [2.45, 2.75) is 20.4 Å². The third kappa shape index (κ3) is 3.07. The summed E-state index contributed by atoms with van der Waals surface area (Å²) in [5.74, 6) is 0.244. The Hall–Kier alpha value is -1.88. The van der Waals surface area contributed by atoms with Crippen LogP contribution >= 0.6 is 0 Å². The van der Waals surface area contributed by atoms with E-state index in [2.05, 4.69) is 10.3 Å². The first-order valence-electron chi connectivity index (χ1n) is 5.78. The standard InChI is InChI=1S/C13H15FN2O2/c1-3-15-7-10-8-17-13(16-10)18-11-4-5-12(14)9(2)6-11/h4-6,8,15H,3,7H2,1-2H3. The minimum atomic E-state index is -0.261. The molecule has 1 aromatic heterocycles. The predicted molar refractivity (Wildman–Crippen MR) is 65.1 cm³/mol. The van der Waals surface area contributed by atoms with Crippen molar-refractivity contribution >= 4 is 0 Å². The molecule has 2 rings (SSSR count). The van der Waals surface area contributed by atoms with Gasteiger partial charge in [-0.1, -0.05) is 6.92 Å². The molecule has 1 aromatic carbocycles. The molecule has 0 unspecified atom stereocenters. The van der Waals surface area contributed by atoms with Gasteiger partial charge >= 0.3 is 6.08 Å². The zero-order chi connectivity index (χ0) is 13.0. The lowest BCUT2D eigenvalue weighted by Gasteiger charge is -2.02. The normalized spacial score (nSPS) is 10.6. The summed E-state index contributed by atoms with van der Waals surface area (Å²) in [6.07, 6.45) is 1.70. The fraction of sp³-hybridized carbons (Fsp3) is 0.308. The molecular weight excluding hydrogens is 235 g/mol. The summed E-state index contributed by atoms with van der Waals surface area (Å²) >= 11 is 0. The highest BCUT2D eigenvalue weighted by atomic mass is 19.1. The van der Waals surface area contributed by atoms with E-state index < -0.39 is 0 Å². The van der Waals surface area contributed by atoms with Gasteiger partial charge in [-0.2, -0.15) is 4.98 Å². The fourth-order valence-corrected chi connectivity index (χ4v) is 1.45. The van der Waals surface area contributed by atoms with Crippen LogP contribution < -0.4 is 10.1 Å². The zero-order valence-electron chi connectivity index (χ0n) is 10.4. The van der Waals surface area contributed by atoms with Gasteiger partial charge in [0.25, 0.3) is 0 Å². The maximum absolute atomic E-state index is 13.1. The Kier molecular flexibility index (Phi) is 3.94. The Morgan fingerprint density at radius 3 is 3.00 bits per heavy atom. The third-order valence-corrected chi connectivity index (χ3v) is 2.42. The Morgan fingerprint density at radius 1 is 1.44 bits per heavy atom. The van der Waals surface area contributed by atoms with Crippen LogP contribution in [0.4, 0.5) is 4.39 Å². The molecule has 5 heteroatoms. The van der Waals surface area contributed by atoms with Crippen molar-refractivity contribution in [1.82, 2.24) is 10.3 Å². The molecule has 0 saturated carbocycles. The largest absolute Gasteiger partial charge is 0.417 e. The third-order valence-electron chi connectivity index (χ3n) is 2.42. The van der Waals surface area contributed by atoms with Crippen molar-refractivity contribution in [3.63, 3.8) is 0 Å². The van der Waals surface area contributed by atoms with E-state index in [-0.39, 0.29) is 11.9 Å². The molecule has 4 nitrogen and oxygen atoms in total. The molecule has 0 aliphatic rings. The van der Waals surface area contributed by atoms with E-state index in [1.807, 2.05) is 6.92 Å². The van der Waals surface area contributed by atoms with Crippen LogP contribution in [-0.4, -0.2) is 11.5 Å². The molecule has 0 amide bonds. The predicted octanol–water partition coefficient (Wildman–Crippen LogP) is 3.02. The summed E-state index contributed by atoms with van der Waals surface area (Å²) in [6.45, 7) is 5.18. The lowest BCUT2D eigenvalue weighted by molar-refractivity contribution is 0.330. The Morgan fingerprint density at radius 2 is 2.28 bits per heavy atom. The number of ether oxygens (including phenoxy) is 1. The van der Waals surface area contributed by atoms with Gasteiger partial charge in [0.15, 0.2) is 0 Å². The number of aryl methyl sites for hydroxylation is 1. The van der Waals surface area contributed by atoms with Gasteiger partial charge in [-0.05, 0) is 37.2 Å². The molecular formula is C13H15FN2O2. The zero-order valence-corrected chi connectivity index (χ0v) is 10.4. The topological polar surface area (TPSA) is 47.3 Å². The molecule has 0 fully saturated rings. The van der Waals surface area contributed by atoms with Gasteiger partial charge in [0.2, 0.25) is 0 Å². The lowest BCUT2D eigenvalue weighted by atomic mass is 10.2. The molecule has 0 saturated heterocycles. The van der Waals surface area contributed by atoms with E-state index in [1.165, 1.54) is 18.4 Å². The summed E-state index contributed by atoms with van der Waals surface area (Å²) < 4.78 is 23.6. The van der Waals surface area contributed by atoms with Crippen LogP contribution in [0.2, 0.25) is 0 Å². The van der Waals surface area contributed by atoms with E-state index in [1.54, 1.807) is 13.0 Å². The van der Waals surface area contributed by atoms with Crippen LogP contribution in [0.5, 0.6) is 11.8 Å². The highest BCUT2D eigenvalue weighted by molar-refractivity contribution is 5.30. The summed E-state index contributed by atoms with van der Waals surface area (Å²) in [7, 11) is 0. The summed E-state index contributed by atoms with van der Waals surface area (Å²) in [4.78, 5) is 4.15. The monoisotopic (exact) mass is 250 g/mol. The van der Waals surface area contributed by atoms with Gasteiger partial charge in [-0.15, -0.1) is 0 Å². The number of nitrogens with zero attached hydrogens (tertiary/aromatic N) is 1. The summed E-state index contributed by atoms with van der Waals surface area (Å²) in [5.41, 5.74) is 1.29. The minimum absolute atomic E-state index is 0.161. The maximum Gasteiger partial charge on any atom is 0.399 e. The number of benzene rings is 1. The van der Waals surface area contributed by atoms with Gasteiger partial charge in [-0.3, -0.25) is 0 Å². The highest BCUT2D eigenvalue weighted by Crippen LogP contribution is 2.22. The molecule has 18 heavy (non-hydrogen) atoms. The number of hydrogen-bond acceptors (Lipinski definition) is 4. The van der Waals surface area contributed by atoms with Crippen LogP contribution in [-0.2, 0) is 6.54 Å². The van der Waals surface area contributed by atoms with Crippen LogP contribution in [0.25, 0.3) is 0 Å². The molecule has 0 atom stereocenters. The number of hydrogen-bond donors (Lipinski definition) is 1. The molecule has 0 bridgehead atoms. The van der Waals surface area contributed by atoms with Crippen LogP contribution in [0.1, 0.15) is 18.2 Å². The van der Waals surface area contributed by atoms with E-state index in [4.69, 9.17) is 9.15 Å². The molecule has 0 spiro atoms. The first-order valence-corrected chi connectivity index (χ1v) is 5.78. The second kappa shape index (κ2) is 5.64. The number of aromatic nitrogens is 1. The van der Waals surface area contributed by atoms with E-state index in [0.29, 0.717) is 17.9 Å². The molecule has 96 valence electrons. The first-order chi connectivity index (χ1) is 8.69. The van der Waals surface area contributed by atoms with Crippen LogP contribution in [0.3, 0.4) is 0 Å². The molecule has 2 aromatic rings. The second-order valence-electron chi connectivity index (χ2n) is 3.90. The van der Waals surface area contributed by atoms with Crippen molar-refractivity contribution in [3.05, 3.63) is 41.5 Å². The van der Waals surface area contributed by atoms with Crippen molar-refractivity contribution in [3.8, 4) is 11.8 Å².